The van der Waals surface area contributed by atoms with E-state index in [1.54, 1.807) is 6.92 Å². The van der Waals surface area contributed by atoms with Gasteiger partial charge in [-0.25, -0.2) is 9.69 Å². The number of urea groups is 1. The van der Waals surface area contributed by atoms with Crippen molar-refractivity contribution in [3.8, 4) is 0 Å². The van der Waals surface area contributed by atoms with Crippen molar-refractivity contribution in [2.75, 3.05) is 26.2 Å². The molecule has 4 amide bonds. The number of amides is 4. The molecule has 2 N–H and O–H groups in total. The number of likely N-dealkylation sites (tertiary alicyclic amines) is 1. The highest BCUT2D eigenvalue weighted by molar-refractivity contribution is 6.09. The van der Waals surface area contributed by atoms with Gasteiger partial charge in [-0.05, 0) is 51.0 Å². The number of nitrogens with one attached hydrogen (secondary N) is 2. The Balaban J connectivity index is 1.44. The highest BCUT2D eigenvalue weighted by Crippen LogP contribution is 2.35. The lowest BCUT2D eigenvalue weighted by molar-refractivity contribution is -0.137. The number of rotatable bonds is 6. The molecule has 152 valence electrons. The average molecular weight is 379 g/mol. The van der Waals surface area contributed by atoms with Crippen molar-refractivity contribution in [3.05, 3.63) is 0 Å². The van der Waals surface area contributed by atoms with Crippen LogP contribution in [0.4, 0.5) is 4.79 Å². The van der Waals surface area contributed by atoms with E-state index >= 15 is 0 Å². The van der Waals surface area contributed by atoms with Crippen molar-refractivity contribution in [3.63, 3.8) is 0 Å². The van der Waals surface area contributed by atoms with E-state index in [4.69, 9.17) is 0 Å². The lowest BCUT2D eigenvalue weighted by atomic mass is 9.92. The molecule has 3 aliphatic rings. The van der Waals surface area contributed by atoms with Crippen LogP contribution in [0.5, 0.6) is 0 Å². The van der Waals surface area contributed by atoms with Gasteiger partial charge in [0.15, 0.2) is 0 Å². The zero-order valence-corrected chi connectivity index (χ0v) is 16.9. The largest absolute Gasteiger partial charge is 0.354 e. The number of imide groups is 1. The Morgan fingerprint density at radius 1 is 1.22 bits per heavy atom. The Kier molecular flexibility index (Phi) is 6.08. The number of hydrogen-bond acceptors (Lipinski definition) is 4. The maximum Gasteiger partial charge on any atom is 0.325 e. The molecule has 3 unspecified atom stereocenters. The van der Waals surface area contributed by atoms with E-state index in [1.807, 2.05) is 0 Å². The van der Waals surface area contributed by atoms with Crippen LogP contribution in [0, 0.1) is 11.8 Å². The molecule has 1 spiro atoms. The standard InChI is InChI=1S/C20H34N4O3/c1-14-11-15(2)13-23(12-14)10-6-9-21-17(25)16(3)24-18(26)20(22-19(24)27)7-4-5-8-20/h14-16H,4-13H2,1-3H3,(H,21,25)(H,22,27). The molecule has 0 radical (unpaired) electrons. The number of carbonyl (C=O) groups is 3. The van der Waals surface area contributed by atoms with Crippen molar-refractivity contribution < 1.29 is 14.4 Å². The first-order valence-corrected chi connectivity index (χ1v) is 10.5. The highest BCUT2D eigenvalue weighted by Gasteiger charge is 2.54. The van der Waals surface area contributed by atoms with Gasteiger partial charge in [0.05, 0.1) is 0 Å². The fraction of sp³-hybridized carbons (Fsp3) is 0.850. The summed E-state index contributed by atoms with van der Waals surface area (Å²) in [5.41, 5.74) is -0.757. The Bertz CT molecular complexity index is 578. The zero-order chi connectivity index (χ0) is 19.6. The van der Waals surface area contributed by atoms with E-state index in [2.05, 4.69) is 29.4 Å². The Labute approximate surface area is 162 Å². The summed E-state index contributed by atoms with van der Waals surface area (Å²) in [7, 11) is 0. The quantitative estimate of drug-likeness (QED) is 0.545. The number of piperidine rings is 1. The average Bonchev–Trinajstić information content (AvgIpc) is 3.16. The topological polar surface area (TPSA) is 81.8 Å². The van der Waals surface area contributed by atoms with Crippen LogP contribution in [0.15, 0.2) is 0 Å². The normalized spacial score (nSPS) is 29.2. The lowest BCUT2D eigenvalue weighted by Gasteiger charge is -2.35. The molecule has 2 aliphatic heterocycles. The monoisotopic (exact) mass is 378 g/mol. The van der Waals surface area contributed by atoms with Gasteiger partial charge in [-0.15, -0.1) is 0 Å². The minimum atomic E-state index is -0.771. The molecular weight excluding hydrogens is 344 g/mol. The molecule has 1 aliphatic carbocycles. The second kappa shape index (κ2) is 8.17. The third-order valence-electron chi connectivity index (χ3n) is 6.31. The number of hydrogen-bond donors (Lipinski definition) is 2. The molecule has 2 heterocycles. The van der Waals surface area contributed by atoms with Crippen LogP contribution in [0.1, 0.15) is 59.3 Å². The second-order valence-corrected chi connectivity index (χ2v) is 8.92. The molecule has 0 bridgehead atoms. The molecule has 0 aromatic heterocycles. The summed E-state index contributed by atoms with van der Waals surface area (Å²) in [5.74, 6) is 0.967. The van der Waals surface area contributed by atoms with Crippen molar-refractivity contribution in [1.82, 2.24) is 20.4 Å². The van der Waals surface area contributed by atoms with Gasteiger partial charge < -0.3 is 15.5 Å². The Morgan fingerprint density at radius 3 is 2.48 bits per heavy atom. The number of carbonyl (C=O) groups excluding carboxylic acids is 3. The first-order chi connectivity index (χ1) is 12.8. The van der Waals surface area contributed by atoms with E-state index < -0.39 is 17.6 Å². The van der Waals surface area contributed by atoms with Crippen LogP contribution in [0.3, 0.4) is 0 Å². The fourth-order valence-electron chi connectivity index (χ4n) is 5.06. The third kappa shape index (κ3) is 4.28. The molecule has 3 rings (SSSR count). The van der Waals surface area contributed by atoms with Crippen LogP contribution < -0.4 is 10.6 Å². The predicted molar refractivity (Wildman–Crippen MR) is 103 cm³/mol. The molecule has 3 atom stereocenters. The first kappa shape index (κ1) is 20.1. The van der Waals surface area contributed by atoms with E-state index in [9.17, 15) is 14.4 Å². The molecule has 27 heavy (non-hydrogen) atoms. The van der Waals surface area contributed by atoms with Gasteiger partial charge in [-0.1, -0.05) is 26.7 Å². The molecule has 0 aromatic rings. The second-order valence-electron chi connectivity index (χ2n) is 8.92. The molecule has 7 nitrogen and oxygen atoms in total. The summed E-state index contributed by atoms with van der Waals surface area (Å²) in [4.78, 5) is 41.1. The summed E-state index contributed by atoms with van der Waals surface area (Å²) in [6.07, 6.45) is 5.40. The van der Waals surface area contributed by atoms with Gasteiger partial charge >= 0.3 is 6.03 Å². The maximum absolute atomic E-state index is 12.7. The van der Waals surface area contributed by atoms with Crippen LogP contribution in [-0.2, 0) is 9.59 Å². The van der Waals surface area contributed by atoms with E-state index in [1.165, 1.54) is 6.42 Å². The molecule has 2 saturated heterocycles. The summed E-state index contributed by atoms with van der Waals surface area (Å²) < 4.78 is 0. The van der Waals surface area contributed by atoms with Crippen molar-refractivity contribution in [2.24, 2.45) is 11.8 Å². The van der Waals surface area contributed by atoms with Gasteiger partial charge in [-0.3, -0.25) is 9.59 Å². The van der Waals surface area contributed by atoms with E-state index in [0.717, 1.165) is 55.6 Å². The van der Waals surface area contributed by atoms with Crippen LogP contribution in [0.2, 0.25) is 0 Å². The van der Waals surface area contributed by atoms with E-state index in [0.29, 0.717) is 19.4 Å². The first-order valence-electron chi connectivity index (χ1n) is 10.5. The number of nitrogens with zero attached hydrogens (tertiary/aromatic N) is 2. The maximum atomic E-state index is 12.7. The van der Waals surface area contributed by atoms with Gasteiger partial charge in [0.1, 0.15) is 11.6 Å². The van der Waals surface area contributed by atoms with Crippen LogP contribution in [-0.4, -0.2) is 65.4 Å². The van der Waals surface area contributed by atoms with Crippen LogP contribution in [0.25, 0.3) is 0 Å². The highest BCUT2D eigenvalue weighted by atomic mass is 16.2. The molecule has 1 saturated carbocycles. The minimum Gasteiger partial charge on any atom is -0.354 e. The van der Waals surface area contributed by atoms with Crippen LogP contribution >= 0.6 is 0 Å². The summed E-state index contributed by atoms with van der Waals surface area (Å²) in [5, 5.41) is 5.74. The molecular formula is C20H34N4O3. The molecule has 7 heteroatoms. The Morgan fingerprint density at radius 2 is 1.85 bits per heavy atom. The predicted octanol–water partition coefficient (Wildman–Crippen LogP) is 1.72. The molecule has 3 fully saturated rings. The third-order valence-corrected chi connectivity index (χ3v) is 6.31. The fourth-order valence-corrected chi connectivity index (χ4v) is 5.06. The van der Waals surface area contributed by atoms with Gasteiger partial charge in [0.2, 0.25) is 5.91 Å². The van der Waals surface area contributed by atoms with Crippen molar-refractivity contribution >= 4 is 17.8 Å². The minimum absolute atomic E-state index is 0.232. The molecule has 0 aromatic carbocycles. The van der Waals surface area contributed by atoms with E-state index in [-0.39, 0.29) is 11.8 Å². The van der Waals surface area contributed by atoms with Crippen molar-refractivity contribution in [1.29, 1.82) is 0 Å². The Hall–Kier alpha value is -1.63. The summed E-state index contributed by atoms with van der Waals surface area (Å²) in [6, 6.07) is -1.20. The smallest absolute Gasteiger partial charge is 0.325 e. The summed E-state index contributed by atoms with van der Waals surface area (Å²) in [6.45, 7) is 10.0. The SMILES string of the molecule is CC1CC(C)CN(CCCNC(=O)C(C)N2C(=O)NC3(CCCC3)C2=O)C1. The lowest BCUT2D eigenvalue weighted by Crippen LogP contribution is -2.50. The van der Waals surface area contributed by atoms with Crippen molar-refractivity contribution in [2.45, 2.75) is 70.9 Å². The van der Waals surface area contributed by atoms with Gasteiger partial charge in [0, 0.05) is 19.6 Å². The zero-order valence-electron chi connectivity index (χ0n) is 16.9. The summed E-state index contributed by atoms with van der Waals surface area (Å²) >= 11 is 0. The van der Waals surface area contributed by atoms with Gasteiger partial charge in [-0.2, -0.15) is 0 Å². The van der Waals surface area contributed by atoms with Gasteiger partial charge in [0.25, 0.3) is 5.91 Å².